The zero-order valence-electron chi connectivity index (χ0n) is 18.8. The topological polar surface area (TPSA) is 85.1 Å². The molecule has 0 amide bonds. The average Bonchev–Trinajstić information content (AvgIpc) is 2.86. The van der Waals surface area contributed by atoms with E-state index in [1.807, 2.05) is 0 Å². The summed E-state index contributed by atoms with van der Waals surface area (Å²) in [5.41, 5.74) is 8.47. The van der Waals surface area contributed by atoms with Crippen molar-refractivity contribution in [3.63, 3.8) is 0 Å². The molecule has 0 aliphatic carbocycles. The van der Waals surface area contributed by atoms with Gasteiger partial charge in [-0.15, -0.1) is 0 Å². The highest BCUT2D eigenvalue weighted by atomic mass is 32.2. The van der Waals surface area contributed by atoms with Gasteiger partial charge in [0.1, 0.15) is 22.3 Å². The van der Waals surface area contributed by atoms with Gasteiger partial charge in [-0.2, -0.15) is 0 Å². The average molecular weight is 508 g/mol. The molecule has 0 spiro atoms. The molecule has 0 atom stereocenters. The van der Waals surface area contributed by atoms with Crippen molar-refractivity contribution in [2.45, 2.75) is 4.90 Å². The zero-order valence-corrected chi connectivity index (χ0v) is 19.6. The minimum atomic E-state index is -4.39. The van der Waals surface area contributed by atoms with E-state index in [0.717, 1.165) is 12.1 Å². The molecule has 4 aromatic rings. The molecular formula is C27H20F3N3O2S. The monoisotopic (exact) mass is 507 g/mol. The molecule has 0 unspecified atom stereocenters. The first-order chi connectivity index (χ1) is 17.2. The van der Waals surface area contributed by atoms with Crippen LogP contribution in [0.2, 0.25) is 0 Å². The molecule has 36 heavy (non-hydrogen) atoms. The van der Waals surface area contributed by atoms with Crippen LogP contribution in [0.3, 0.4) is 0 Å². The van der Waals surface area contributed by atoms with Crippen LogP contribution in [0.5, 0.6) is 0 Å². The van der Waals surface area contributed by atoms with Crippen molar-refractivity contribution in [2.24, 2.45) is 5.73 Å². The van der Waals surface area contributed by atoms with Crippen LogP contribution >= 0.6 is 0 Å². The van der Waals surface area contributed by atoms with Crippen LogP contribution in [0, 0.1) is 17.5 Å². The van der Waals surface area contributed by atoms with Crippen molar-refractivity contribution in [3.8, 4) is 11.1 Å². The lowest BCUT2D eigenvalue weighted by molar-refractivity contribution is 0.546. The van der Waals surface area contributed by atoms with Crippen LogP contribution < -0.4 is 10.5 Å². The molecule has 0 saturated heterocycles. The first kappa shape index (κ1) is 24.7. The first-order valence-electron chi connectivity index (χ1n) is 10.6. The van der Waals surface area contributed by atoms with E-state index < -0.39 is 26.6 Å². The van der Waals surface area contributed by atoms with E-state index >= 15 is 0 Å². The smallest absolute Gasteiger partial charge is 0.264 e. The molecule has 1 heterocycles. The summed E-state index contributed by atoms with van der Waals surface area (Å²) in [6.45, 7) is 3.60. The Kier molecular flexibility index (Phi) is 6.93. The minimum absolute atomic E-state index is 0.00367. The van der Waals surface area contributed by atoms with Gasteiger partial charge in [0.15, 0.2) is 0 Å². The number of pyridine rings is 1. The van der Waals surface area contributed by atoms with E-state index in [4.69, 9.17) is 5.73 Å². The van der Waals surface area contributed by atoms with Gasteiger partial charge in [0.05, 0.1) is 5.52 Å². The third-order valence-electron chi connectivity index (χ3n) is 5.39. The number of allylic oxidation sites excluding steroid dienone is 3. The zero-order chi connectivity index (χ0) is 25.9. The fourth-order valence-corrected chi connectivity index (χ4v) is 4.79. The minimum Gasteiger partial charge on any atom is -0.404 e. The maximum Gasteiger partial charge on any atom is 0.264 e. The Morgan fingerprint density at radius 1 is 0.944 bits per heavy atom. The number of rotatable bonds is 7. The summed E-state index contributed by atoms with van der Waals surface area (Å²) in [6, 6.07) is 15.4. The molecule has 3 N–H and O–H groups in total. The van der Waals surface area contributed by atoms with E-state index in [1.54, 1.807) is 48.7 Å². The molecule has 0 aliphatic rings. The van der Waals surface area contributed by atoms with E-state index in [9.17, 15) is 21.6 Å². The Morgan fingerprint density at radius 3 is 2.42 bits per heavy atom. The van der Waals surface area contributed by atoms with Crippen LogP contribution in [0.1, 0.15) is 5.56 Å². The second-order valence-electron chi connectivity index (χ2n) is 7.68. The summed E-state index contributed by atoms with van der Waals surface area (Å²) in [6.07, 6.45) is 5.47. The Hall–Kier alpha value is -4.37. The number of nitrogens with two attached hydrogens (primary N) is 1. The molecule has 9 heteroatoms. The SMILES string of the molecule is C=C/C(=C\C(=C/N)c1ccc2nccc(-c3ccccc3F)c2c1)NS(=O)(=O)c1ccc(F)cc1F. The maximum absolute atomic E-state index is 14.5. The number of fused-ring (bicyclic) bond motifs is 1. The summed E-state index contributed by atoms with van der Waals surface area (Å²) in [4.78, 5) is 3.62. The van der Waals surface area contributed by atoms with Gasteiger partial charge in [0.25, 0.3) is 10.0 Å². The van der Waals surface area contributed by atoms with Gasteiger partial charge in [0.2, 0.25) is 0 Å². The molecule has 0 radical (unpaired) electrons. The number of halogens is 3. The molecule has 0 aliphatic heterocycles. The lowest BCUT2D eigenvalue weighted by Crippen LogP contribution is -2.23. The van der Waals surface area contributed by atoms with Gasteiger partial charge in [0, 0.05) is 35.1 Å². The summed E-state index contributed by atoms with van der Waals surface area (Å²) in [5.74, 6) is -2.52. The van der Waals surface area contributed by atoms with Crippen molar-refractivity contribution < 1.29 is 21.6 Å². The van der Waals surface area contributed by atoms with Crippen molar-refractivity contribution in [2.75, 3.05) is 0 Å². The second-order valence-corrected chi connectivity index (χ2v) is 9.33. The molecule has 1 aromatic heterocycles. The van der Waals surface area contributed by atoms with E-state index in [0.29, 0.717) is 39.2 Å². The Balaban J connectivity index is 1.74. The van der Waals surface area contributed by atoms with Crippen LogP contribution in [0.15, 0.2) is 108 Å². The lowest BCUT2D eigenvalue weighted by Gasteiger charge is -2.12. The molecule has 5 nitrogen and oxygen atoms in total. The summed E-state index contributed by atoms with van der Waals surface area (Å²) in [5, 5.41) is 0.655. The molecule has 182 valence electrons. The Labute approximate surface area is 206 Å². The fourth-order valence-electron chi connectivity index (χ4n) is 3.67. The molecular weight excluding hydrogens is 487 g/mol. The molecule has 4 rings (SSSR count). The van der Waals surface area contributed by atoms with Gasteiger partial charge in [-0.25, -0.2) is 21.6 Å². The third-order valence-corrected chi connectivity index (χ3v) is 6.80. The summed E-state index contributed by atoms with van der Waals surface area (Å²) in [7, 11) is -4.39. The Bertz CT molecular complexity index is 1650. The van der Waals surface area contributed by atoms with Crippen molar-refractivity contribution in [1.29, 1.82) is 0 Å². The highest BCUT2D eigenvalue weighted by molar-refractivity contribution is 7.89. The number of benzene rings is 3. The van der Waals surface area contributed by atoms with Crippen molar-refractivity contribution >= 4 is 26.5 Å². The number of sulfonamides is 1. The van der Waals surface area contributed by atoms with E-state index in [-0.39, 0.29) is 11.5 Å². The largest absolute Gasteiger partial charge is 0.404 e. The van der Waals surface area contributed by atoms with Crippen molar-refractivity contribution in [3.05, 3.63) is 127 Å². The van der Waals surface area contributed by atoms with E-state index in [1.165, 1.54) is 24.4 Å². The predicted octanol–water partition coefficient (Wildman–Crippen LogP) is 5.67. The summed E-state index contributed by atoms with van der Waals surface area (Å²) >= 11 is 0. The quantitative estimate of drug-likeness (QED) is 0.316. The van der Waals surface area contributed by atoms with E-state index in [2.05, 4.69) is 16.3 Å². The highest BCUT2D eigenvalue weighted by Gasteiger charge is 2.20. The number of hydrogen-bond acceptors (Lipinski definition) is 4. The first-order valence-corrected chi connectivity index (χ1v) is 12.1. The number of nitrogens with zero attached hydrogens (tertiary/aromatic N) is 1. The Morgan fingerprint density at radius 2 is 1.72 bits per heavy atom. The number of hydrogen-bond donors (Lipinski definition) is 2. The van der Waals surface area contributed by atoms with Gasteiger partial charge >= 0.3 is 0 Å². The molecule has 0 saturated carbocycles. The van der Waals surface area contributed by atoms with Crippen LogP contribution in [0.4, 0.5) is 13.2 Å². The molecule has 0 fully saturated rings. The maximum atomic E-state index is 14.5. The summed E-state index contributed by atoms with van der Waals surface area (Å²) < 4.78 is 69.4. The van der Waals surface area contributed by atoms with Crippen molar-refractivity contribution in [1.82, 2.24) is 9.71 Å². The van der Waals surface area contributed by atoms with Gasteiger partial charge < -0.3 is 5.73 Å². The molecule has 0 bridgehead atoms. The predicted molar refractivity (Wildman–Crippen MR) is 134 cm³/mol. The second kappa shape index (κ2) is 10.1. The third kappa shape index (κ3) is 5.01. The normalized spacial score (nSPS) is 12.5. The highest BCUT2D eigenvalue weighted by Crippen LogP contribution is 2.31. The lowest BCUT2D eigenvalue weighted by atomic mass is 9.97. The van der Waals surface area contributed by atoms with Gasteiger partial charge in [-0.05, 0) is 65.3 Å². The van der Waals surface area contributed by atoms with Crippen LogP contribution in [-0.4, -0.2) is 13.4 Å². The molecule has 3 aromatic carbocycles. The number of nitrogens with one attached hydrogen (secondary N) is 1. The van der Waals surface area contributed by atoms with Crippen LogP contribution in [0.25, 0.3) is 27.6 Å². The van der Waals surface area contributed by atoms with Crippen LogP contribution in [-0.2, 0) is 10.0 Å². The van der Waals surface area contributed by atoms with Gasteiger partial charge in [-0.3, -0.25) is 9.71 Å². The number of aromatic nitrogens is 1. The standard InChI is InChI=1S/C27H20F3N3O2S/c1-2-20(33-36(34,35)27-10-8-19(28)15-25(27)30)13-18(16-31)17-7-9-26-23(14-17)21(11-12-32-26)22-5-3-4-6-24(22)29/h2-16,33H,1,31H2/b18-16+,20-13+. The van der Waals surface area contributed by atoms with Gasteiger partial charge in [-0.1, -0.05) is 30.8 Å². The fraction of sp³-hybridized carbons (Fsp3) is 0.